The van der Waals surface area contributed by atoms with E-state index in [0.717, 1.165) is 5.71 Å². The van der Waals surface area contributed by atoms with Crippen molar-refractivity contribution in [2.75, 3.05) is 7.05 Å². The number of carbonyl (C=O) groups is 2. The van der Waals surface area contributed by atoms with Crippen LogP contribution in [0.5, 0.6) is 0 Å². The number of primary amides is 1. The summed E-state index contributed by atoms with van der Waals surface area (Å²) in [5.74, 6) is -0.828. The van der Waals surface area contributed by atoms with Gasteiger partial charge in [0.25, 0.3) is 5.91 Å². The average molecular weight is 243 g/mol. The van der Waals surface area contributed by atoms with Crippen LogP contribution in [-0.2, 0) is 0 Å². The second kappa shape index (κ2) is 3.49. The number of rotatable bonds is 1. The number of aromatic nitrogens is 2. The van der Waals surface area contributed by atoms with E-state index in [1.807, 2.05) is 24.3 Å². The van der Waals surface area contributed by atoms with Gasteiger partial charge in [0, 0.05) is 12.1 Å². The SMILES string of the molecule is C[N+]1=C2C=CC=CC2n2nc(C(N)=O)cc2C1=O. The number of fused-ring (bicyclic) bond motifs is 3. The van der Waals surface area contributed by atoms with E-state index in [4.69, 9.17) is 5.73 Å². The second-order valence-electron chi connectivity index (χ2n) is 4.20. The highest BCUT2D eigenvalue weighted by Crippen LogP contribution is 2.23. The van der Waals surface area contributed by atoms with Gasteiger partial charge in [-0.2, -0.15) is 9.67 Å². The van der Waals surface area contributed by atoms with Crippen LogP contribution in [0.15, 0.2) is 30.4 Å². The molecule has 2 N–H and O–H groups in total. The van der Waals surface area contributed by atoms with Crippen molar-refractivity contribution in [2.24, 2.45) is 5.73 Å². The number of allylic oxidation sites excluding steroid dienone is 4. The van der Waals surface area contributed by atoms with Crippen LogP contribution in [0.3, 0.4) is 0 Å². The molecule has 90 valence electrons. The van der Waals surface area contributed by atoms with Gasteiger partial charge in [0.1, 0.15) is 7.05 Å². The molecule has 0 spiro atoms. The largest absolute Gasteiger partial charge is 0.437 e. The molecule has 18 heavy (non-hydrogen) atoms. The summed E-state index contributed by atoms with van der Waals surface area (Å²) >= 11 is 0. The van der Waals surface area contributed by atoms with Crippen LogP contribution in [0.2, 0.25) is 0 Å². The first-order chi connectivity index (χ1) is 8.59. The monoisotopic (exact) mass is 243 g/mol. The molecule has 0 saturated heterocycles. The molecule has 3 rings (SSSR count). The number of amides is 2. The van der Waals surface area contributed by atoms with E-state index in [2.05, 4.69) is 5.10 Å². The van der Waals surface area contributed by atoms with Gasteiger partial charge in [-0.1, -0.05) is 12.2 Å². The smallest absolute Gasteiger partial charge is 0.364 e. The van der Waals surface area contributed by atoms with Crippen molar-refractivity contribution < 1.29 is 14.2 Å². The van der Waals surface area contributed by atoms with Crippen LogP contribution in [0.25, 0.3) is 0 Å². The Kier molecular flexibility index (Phi) is 2.07. The van der Waals surface area contributed by atoms with Crippen LogP contribution in [0, 0.1) is 0 Å². The number of carbonyl (C=O) groups excluding carboxylic acids is 2. The molecular weight excluding hydrogens is 232 g/mol. The van der Waals surface area contributed by atoms with Crippen molar-refractivity contribution >= 4 is 17.5 Å². The highest BCUT2D eigenvalue weighted by Gasteiger charge is 2.38. The van der Waals surface area contributed by atoms with Gasteiger partial charge < -0.3 is 5.73 Å². The van der Waals surface area contributed by atoms with E-state index >= 15 is 0 Å². The first-order valence-corrected chi connectivity index (χ1v) is 5.48. The van der Waals surface area contributed by atoms with Crippen molar-refractivity contribution in [1.29, 1.82) is 0 Å². The number of hydrogen-bond acceptors (Lipinski definition) is 3. The minimum Gasteiger partial charge on any atom is -0.364 e. The number of nitrogens with zero attached hydrogens (tertiary/aromatic N) is 3. The maximum atomic E-state index is 12.1. The summed E-state index contributed by atoms with van der Waals surface area (Å²) in [6.07, 6.45) is 7.52. The Morgan fingerprint density at radius 3 is 3.00 bits per heavy atom. The number of nitrogens with two attached hydrogens (primary N) is 1. The first-order valence-electron chi connectivity index (χ1n) is 5.48. The first kappa shape index (κ1) is 10.6. The zero-order valence-corrected chi connectivity index (χ0v) is 9.70. The maximum absolute atomic E-state index is 12.1. The lowest BCUT2D eigenvalue weighted by molar-refractivity contribution is -0.398. The van der Waals surface area contributed by atoms with Gasteiger partial charge in [0.2, 0.25) is 5.71 Å². The molecular formula is C12H11N4O2+. The van der Waals surface area contributed by atoms with Gasteiger partial charge in [0.05, 0.1) is 0 Å². The fourth-order valence-corrected chi connectivity index (χ4v) is 2.21. The highest BCUT2D eigenvalue weighted by atomic mass is 16.2. The summed E-state index contributed by atoms with van der Waals surface area (Å²) in [6.45, 7) is 0. The Bertz CT molecular complexity index is 664. The minimum atomic E-state index is -0.635. The molecule has 2 heterocycles. The van der Waals surface area contributed by atoms with E-state index in [0.29, 0.717) is 5.69 Å². The molecule has 2 amide bonds. The van der Waals surface area contributed by atoms with Crippen molar-refractivity contribution in [3.8, 4) is 0 Å². The summed E-state index contributed by atoms with van der Waals surface area (Å²) in [5.41, 5.74) is 6.51. The second-order valence-corrected chi connectivity index (χ2v) is 4.20. The topological polar surface area (TPSA) is 81.0 Å². The lowest BCUT2D eigenvalue weighted by atomic mass is 10.0. The molecule has 1 aromatic heterocycles. The molecule has 0 fully saturated rings. The van der Waals surface area contributed by atoms with Crippen LogP contribution >= 0.6 is 0 Å². The van der Waals surface area contributed by atoms with Crippen molar-refractivity contribution in [3.05, 3.63) is 41.8 Å². The Morgan fingerprint density at radius 1 is 1.50 bits per heavy atom. The Hall–Kier alpha value is -2.50. The Balaban J connectivity index is 2.23. The normalized spacial score (nSPS) is 20.9. The van der Waals surface area contributed by atoms with Gasteiger partial charge in [0.15, 0.2) is 17.4 Å². The summed E-state index contributed by atoms with van der Waals surface area (Å²) < 4.78 is 3.10. The van der Waals surface area contributed by atoms with Gasteiger partial charge in [-0.15, -0.1) is 0 Å². The Labute approximate surface area is 103 Å². The quantitative estimate of drug-likeness (QED) is 0.698. The Morgan fingerprint density at radius 2 is 2.28 bits per heavy atom. The fourth-order valence-electron chi connectivity index (χ4n) is 2.21. The van der Waals surface area contributed by atoms with E-state index in [1.165, 1.54) is 10.7 Å². The third-order valence-electron chi connectivity index (χ3n) is 3.14. The van der Waals surface area contributed by atoms with Gasteiger partial charge >= 0.3 is 5.91 Å². The predicted molar refractivity (Wildman–Crippen MR) is 63.6 cm³/mol. The van der Waals surface area contributed by atoms with Gasteiger partial charge in [-0.25, -0.2) is 9.48 Å². The maximum Gasteiger partial charge on any atom is 0.437 e. The molecule has 2 aliphatic rings. The zero-order chi connectivity index (χ0) is 12.9. The third kappa shape index (κ3) is 1.29. The summed E-state index contributed by atoms with van der Waals surface area (Å²) in [5, 5.41) is 4.11. The lowest BCUT2D eigenvalue weighted by Crippen LogP contribution is -2.38. The predicted octanol–water partition coefficient (Wildman–Crippen LogP) is -0.114. The van der Waals surface area contributed by atoms with Crippen molar-refractivity contribution in [2.45, 2.75) is 6.04 Å². The summed E-state index contributed by atoms with van der Waals surface area (Å²) in [6, 6.07) is 1.27. The van der Waals surface area contributed by atoms with Gasteiger partial charge in [-0.05, 0) is 6.08 Å². The van der Waals surface area contributed by atoms with Crippen LogP contribution in [0.1, 0.15) is 27.0 Å². The molecule has 0 aromatic carbocycles. The molecule has 6 heteroatoms. The van der Waals surface area contributed by atoms with E-state index < -0.39 is 5.91 Å². The molecule has 1 atom stereocenters. The van der Waals surface area contributed by atoms with Crippen LogP contribution in [0.4, 0.5) is 0 Å². The highest BCUT2D eigenvalue weighted by molar-refractivity contribution is 6.05. The summed E-state index contributed by atoms with van der Waals surface area (Å²) in [7, 11) is 1.70. The molecule has 1 aliphatic heterocycles. The molecule has 0 radical (unpaired) electrons. The lowest BCUT2D eigenvalue weighted by Gasteiger charge is -2.19. The van der Waals surface area contributed by atoms with Crippen LogP contribution < -0.4 is 5.73 Å². The molecule has 1 aromatic rings. The minimum absolute atomic E-state index is 0.107. The molecule has 6 nitrogen and oxygen atoms in total. The van der Waals surface area contributed by atoms with Gasteiger partial charge in [-0.3, -0.25) is 4.79 Å². The fraction of sp³-hybridized carbons (Fsp3) is 0.167. The zero-order valence-electron chi connectivity index (χ0n) is 9.70. The molecule has 1 unspecified atom stereocenters. The standard InChI is InChI=1S/C12H10N4O2/c1-15-8-4-2-3-5-9(8)16-10(12(15)18)6-7(14-16)11(13)17/h2-6,9H,1H3,(H-,13,17)/p+1. The van der Waals surface area contributed by atoms with E-state index in [1.54, 1.807) is 11.6 Å². The van der Waals surface area contributed by atoms with E-state index in [9.17, 15) is 9.59 Å². The molecule has 0 saturated carbocycles. The number of hydrogen-bond donors (Lipinski definition) is 1. The van der Waals surface area contributed by atoms with Crippen molar-refractivity contribution in [1.82, 2.24) is 9.78 Å². The third-order valence-corrected chi connectivity index (χ3v) is 3.14. The van der Waals surface area contributed by atoms with E-state index in [-0.39, 0.29) is 17.6 Å². The van der Waals surface area contributed by atoms with Crippen LogP contribution in [-0.4, -0.2) is 38.9 Å². The van der Waals surface area contributed by atoms with Crippen molar-refractivity contribution in [3.63, 3.8) is 0 Å². The average Bonchev–Trinajstić information content (AvgIpc) is 2.81. The molecule has 0 bridgehead atoms. The summed E-state index contributed by atoms with van der Waals surface area (Å²) in [4.78, 5) is 23.3. The molecule has 1 aliphatic carbocycles.